The van der Waals surface area contributed by atoms with Gasteiger partial charge in [0, 0.05) is 32.8 Å². The Balaban J connectivity index is 0.00000220. The molecule has 3 heterocycles. The number of likely N-dealkylation sites (tertiary alicyclic amines) is 1. The number of fused-ring (bicyclic) bond motifs is 1. The minimum absolute atomic E-state index is 0. The lowest BCUT2D eigenvalue weighted by Crippen LogP contribution is -2.35. The van der Waals surface area contributed by atoms with Crippen LogP contribution in [0.2, 0.25) is 0 Å². The summed E-state index contributed by atoms with van der Waals surface area (Å²) in [4.78, 5) is 19.5. The predicted molar refractivity (Wildman–Crippen MR) is 149 cm³/mol. The highest BCUT2D eigenvalue weighted by molar-refractivity contribution is 7.90. The Bertz CT molecular complexity index is 1480. The third-order valence-corrected chi connectivity index (χ3v) is 8.58. The molecule has 1 unspecified atom stereocenters. The van der Waals surface area contributed by atoms with Crippen molar-refractivity contribution in [2.45, 2.75) is 63.1 Å². The quantitative estimate of drug-likeness (QED) is 0.441. The molecule has 2 amide bonds. The summed E-state index contributed by atoms with van der Waals surface area (Å²) in [6.45, 7) is 4.88. The third-order valence-electron chi connectivity index (χ3n) is 7.37. The number of sulfonamides is 1. The summed E-state index contributed by atoms with van der Waals surface area (Å²) in [5, 5.41) is 7.09. The first kappa shape index (κ1) is 26.2. The molecule has 2 aromatic heterocycles. The molecule has 1 fully saturated rings. The number of urea groups is 1. The summed E-state index contributed by atoms with van der Waals surface area (Å²) in [5.74, 6) is 0.449. The zero-order valence-corrected chi connectivity index (χ0v) is 23.0. The van der Waals surface area contributed by atoms with Crippen molar-refractivity contribution in [2.24, 2.45) is 0 Å². The number of nitrogens with zero attached hydrogens (tertiary/aromatic N) is 4. The maximum atomic E-state index is 13.3. The Morgan fingerprint density at radius 3 is 2.71 bits per heavy atom. The number of amides is 2. The van der Waals surface area contributed by atoms with E-state index in [1.807, 2.05) is 33.0 Å². The Labute approximate surface area is 226 Å². The molecule has 5 rings (SSSR count). The van der Waals surface area contributed by atoms with Crippen LogP contribution in [0.1, 0.15) is 64.9 Å². The van der Waals surface area contributed by atoms with E-state index in [-0.39, 0.29) is 20.0 Å². The van der Waals surface area contributed by atoms with Gasteiger partial charge >= 0.3 is 6.03 Å². The molecule has 206 valence electrons. The van der Waals surface area contributed by atoms with Gasteiger partial charge in [0.25, 0.3) is 10.0 Å². The van der Waals surface area contributed by atoms with E-state index in [2.05, 4.69) is 31.1 Å². The predicted octanol–water partition coefficient (Wildman–Crippen LogP) is 4.79. The van der Waals surface area contributed by atoms with Crippen LogP contribution >= 0.6 is 0 Å². The monoisotopic (exact) mass is 542 g/mol. The number of nitrogens with one attached hydrogen (secondary N) is 2. The largest absolute Gasteiger partial charge is 0.481 e. The minimum Gasteiger partial charge on any atom is -0.481 e. The van der Waals surface area contributed by atoms with Crippen molar-refractivity contribution in [3.05, 3.63) is 53.3 Å². The maximum absolute atomic E-state index is 13.3. The van der Waals surface area contributed by atoms with E-state index in [1.54, 1.807) is 30.1 Å². The second kappa shape index (κ2) is 10.4. The first-order valence-electron chi connectivity index (χ1n) is 13.0. The van der Waals surface area contributed by atoms with Crippen LogP contribution in [0.3, 0.4) is 0 Å². The number of methoxy groups -OCH3 is 1. The number of carbonyl (C=O) groups is 1. The van der Waals surface area contributed by atoms with E-state index in [4.69, 9.17) is 4.74 Å². The van der Waals surface area contributed by atoms with Gasteiger partial charge in [0.1, 0.15) is 0 Å². The fourth-order valence-corrected chi connectivity index (χ4v) is 6.39. The van der Waals surface area contributed by atoms with Gasteiger partial charge in [-0.2, -0.15) is 13.5 Å². The molecular formula is C27H38N6O4S. The van der Waals surface area contributed by atoms with Crippen LogP contribution < -0.4 is 14.8 Å². The van der Waals surface area contributed by atoms with Gasteiger partial charge in [0.15, 0.2) is 5.03 Å². The van der Waals surface area contributed by atoms with Crippen LogP contribution in [0.4, 0.5) is 10.5 Å². The molecule has 1 aromatic carbocycles. The van der Waals surface area contributed by atoms with Gasteiger partial charge < -0.3 is 10.1 Å². The van der Waals surface area contributed by atoms with Gasteiger partial charge in [0.05, 0.1) is 24.5 Å². The van der Waals surface area contributed by atoms with Crippen LogP contribution in [-0.4, -0.2) is 54.8 Å². The number of pyridine rings is 1. The number of aromatic nitrogens is 3. The smallest absolute Gasteiger partial charge is 0.333 e. The van der Waals surface area contributed by atoms with E-state index in [9.17, 15) is 13.2 Å². The number of hydrogen-bond donors (Lipinski definition) is 2. The molecule has 1 aliphatic heterocycles. The lowest BCUT2D eigenvalue weighted by molar-refractivity contribution is 0.256. The van der Waals surface area contributed by atoms with E-state index in [1.165, 1.54) is 0 Å². The standard InChI is InChI=1S/C27H34N6O4S.2H2/c1-17(2)33-23(22-9-6-14-32(22)3)16-25(30-33)38(35,36)31-27(34)29-26-20-8-5-7-18(20)10-11-21(26)19-12-13-28-24(15-19)37-4;;/h10-13,15-17,22H,5-9,14H2,1-4H3,(H2,29,31,34);2*1H. The van der Waals surface area contributed by atoms with Gasteiger partial charge in [-0.25, -0.2) is 14.5 Å². The van der Waals surface area contributed by atoms with E-state index >= 15 is 0 Å². The SMILES string of the molecule is COc1cc(-c2ccc3c(c2NC(=O)NS(=O)(=O)c2cc(C4CCCN4C)n(C(C)C)n2)CCC3)ccn1.[HH].[HH]. The van der Waals surface area contributed by atoms with Crippen LogP contribution in [0.15, 0.2) is 41.6 Å². The van der Waals surface area contributed by atoms with Crippen molar-refractivity contribution >= 4 is 21.7 Å². The molecule has 1 saturated heterocycles. The number of carbonyl (C=O) groups excluding carboxylic acids is 1. The van der Waals surface area contributed by atoms with Crippen molar-refractivity contribution in [2.75, 3.05) is 26.0 Å². The first-order chi connectivity index (χ1) is 18.2. The number of ether oxygens (including phenoxy) is 1. The highest BCUT2D eigenvalue weighted by atomic mass is 32.2. The van der Waals surface area contributed by atoms with Crippen molar-refractivity contribution in [1.82, 2.24) is 24.4 Å². The summed E-state index contributed by atoms with van der Waals surface area (Å²) in [7, 11) is -0.631. The summed E-state index contributed by atoms with van der Waals surface area (Å²) in [6, 6.07) is 8.46. The second-order valence-corrected chi connectivity index (χ2v) is 11.8. The number of aryl methyl sites for hydroxylation is 1. The van der Waals surface area contributed by atoms with Crippen molar-refractivity contribution < 1.29 is 20.8 Å². The number of benzene rings is 1. The second-order valence-electron chi connectivity index (χ2n) is 10.2. The molecule has 2 N–H and O–H groups in total. The van der Waals surface area contributed by atoms with Crippen molar-refractivity contribution in [3.8, 4) is 17.0 Å². The Kier molecular flexibility index (Phi) is 7.15. The Morgan fingerprint density at radius 2 is 2.00 bits per heavy atom. The number of hydrogen-bond acceptors (Lipinski definition) is 7. The van der Waals surface area contributed by atoms with Gasteiger partial charge in [-0.15, -0.1) is 0 Å². The molecule has 0 bridgehead atoms. The fourth-order valence-electron chi connectivity index (χ4n) is 5.51. The number of rotatable bonds is 7. The molecule has 1 atom stereocenters. The molecule has 11 heteroatoms. The van der Waals surface area contributed by atoms with Crippen LogP contribution in [0.5, 0.6) is 5.88 Å². The van der Waals surface area contributed by atoms with Crippen molar-refractivity contribution in [3.63, 3.8) is 0 Å². The average molecular weight is 543 g/mol. The first-order valence-corrected chi connectivity index (χ1v) is 14.4. The average Bonchev–Trinajstić information content (AvgIpc) is 3.63. The molecule has 1 aliphatic carbocycles. The molecular weight excluding hydrogens is 504 g/mol. The summed E-state index contributed by atoms with van der Waals surface area (Å²) < 4.78 is 35.8. The molecule has 0 saturated carbocycles. The maximum Gasteiger partial charge on any atom is 0.333 e. The lowest BCUT2D eigenvalue weighted by Gasteiger charge is -2.21. The minimum atomic E-state index is -4.21. The van der Waals surface area contributed by atoms with Crippen molar-refractivity contribution in [1.29, 1.82) is 0 Å². The molecule has 0 spiro atoms. The van der Waals surface area contributed by atoms with Gasteiger partial charge in [-0.3, -0.25) is 9.58 Å². The highest BCUT2D eigenvalue weighted by Crippen LogP contribution is 2.38. The summed E-state index contributed by atoms with van der Waals surface area (Å²) in [6.07, 6.45) is 6.29. The topological polar surface area (TPSA) is 118 Å². The summed E-state index contributed by atoms with van der Waals surface area (Å²) >= 11 is 0. The van der Waals surface area contributed by atoms with Gasteiger partial charge in [0.2, 0.25) is 5.88 Å². The van der Waals surface area contributed by atoms with E-state index in [0.29, 0.717) is 11.6 Å². The Hall–Kier alpha value is -3.44. The molecule has 3 aromatic rings. The molecule has 0 radical (unpaired) electrons. The van der Waals surface area contributed by atoms with Crippen LogP contribution in [0, 0.1) is 0 Å². The number of anilines is 1. The van der Waals surface area contributed by atoms with E-state index < -0.39 is 16.1 Å². The van der Waals surface area contributed by atoms with Gasteiger partial charge in [-0.1, -0.05) is 12.1 Å². The normalized spacial score (nSPS) is 17.6. The van der Waals surface area contributed by atoms with Crippen LogP contribution in [0.25, 0.3) is 11.1 Å². The fraction of sp³-hybridized carbons (Fsp3) is 0.444. The van der Waals surface area contributed by atoms with E-state index in [0.717, 1.165) is 66.6 Å². The zero-order chi connectivity index (χ0) is 27.0. The molecule has 10 nitrogen and oxygen atoms in total. The molecule has 38 heavy (non-hydrogen) atoms. The van der Waals surface area contributed by atoms with Crippen LogP contribution in [-0.2, 0) is 22.9 Å². The third kappa shape index (κ3) is 5.00. The lowest BCUT2D eigenvalue weighted by atomic mass is 9.98. The van der Waals surface area contributed by atoms with Gasteiger partial charge in [-0.05, 0) is 82.3 Å². The zero-order valence-electron chi connectivity index (χ0n) is 22.2. The summed E-state index contributed by atoms with van der Waals surface area (Å²) in [5.41, 5.74) is 5.19. The Morgan fingerprint density at radius 1 is 1.18 bits per heavy atom. The molecule has 2 aliphatic rings. The highest BCUT2D eigenvalue weighted by Gasteiger charge is 2.31.